The summed E-state index contributed by atoms with van der Waals surface area (Å²) in [6.07, 6.45) is 3.78. The molecule has 2 aliphatic rings. The second-order valence-corrected chi connectivity index (χ2v) is 8.18. The van der Waals surface area contributed by atoms with Gasteiger partial charge in [0.15, 0.2) is 0 Å². The number of halogens is 1. The van der Waals surface area contributed by atoms with Crippen molar-refractivity contribution in [1.82, 2.24) is 15.1 Å². The van der Waals surface area contributed by atoms with E-state index in [2.05, 4.69) is 76.6 Å². The van der Waals surface area contributed by atoms with Gasteiger partial charge in [-0.3, -0.25) is 4.90 Å². The van der Waals surface area contributed by atoms with Crippen LogP contribution in [0.1, 0.15) is 35.6 Å². The Hall–Kier alpha value is -1.39. The minimum Gasteiger partial charge on any atom is -0.314 e. The highest BCUT2D eigenvalue weighted by Crippen LogP contribution is 2.29. The Morgan fingerprint density at radius 3 is 2.36 bits per heavy atom. The van der Waals surface area contributed by atoms with Crippen molar-refractivity contribution >= 4 is 12.4 Å². The first-order chi connectivity index (χ1) is 13.3. The Balaban J connectivity index is 0.00000225. The fourth-order valence-corrected chi connectivity index (χ4v) is 4.66. The van der Waals surface area contributed by atoms with Crippen LogP contribution in [0, 0.1) is 6.92 Å². The van der Waals surface area contributed by atoms with E-state index in [4.69, 9.17) is 0 Å². The molecule has 2 saturated heterocycles. The first-order valence-corrected chi connectivity index (χ1v) is 10.6. The molecule has 2 aliphatic heterocycles. The van der Waals surface area contributed by atoms with E-state index >= 15 is 0 Å². The lowest BCUT2D eigenvalue weighted by Gasteiger charge is -2.45. The van der Waals surface area contributed by atoms with Crippen LogP contribution in [-0.2, 0) is 6.42 Å². The quantitative estimate of drug-likeness (QED) is 0.817. The van der Waals surface area contributed by atoms with Gasteiger partial charge in [-0.2, -0.15) is 0 Å². The van der Waals surface area contributed by atoms with Crippen LogP contribution < -0.4 is 5.32 Å². The number of likely N-dealkylation sites (tertiary alicyclic amines) is 1. The summed E-state index contributed by atoms with van der Waals surface area (Å²) in [5, 5.41) is 3.61. The fraction of sp³-hybridized carbons (Fsp3) is 0.500. The lowest BCUT2D eigenvalue weighted by molar-refractivity contribution is 0.0577. The lowest BCUT2D eigenvalue weighted by atomic mass is 9.95. The normalized spacial score (nSPS) is 22.0. The summed E-state index contributed by atoms with van der Waals surface area (Å²) in [5.41, 5.74) is 4.28. The highest BCUT2D eigenvalue weighted by atomic mass is 35.5. The minimum atomic E-state index is 0. The second-order valence-electron chi connectivity index (χ2n) is 8.18. The van der Waals surface area contributed by atoms with Gasteiger partial charge in [-0.25, -0.2) is 0 Å². The summed E-state index contributed by atoms with van der Waals surface area (Å²) >= 11 is 0. The van der Waals surface area contributed by atoms with Crippen LogP contribution in [0.2, 0.25) is 0 Å². The van der Waals surface area contributed by atoms with E-state index < -0.39 is 0 Å². The van der Waals surface area contributed by atoms with Gasteiger partial charge >= 0.3 is 0 Å². The average molecular weight is 400 g/mol. The van der Waals surface area contributed by atoms with Crippen LogP contribution >= 0.6 is 12.4 Å². The number of nitrogens with one attached hydrogen (secondary N) is 1. The molecule has 3 nitrogen and oxygen atoms in total. The molecule has 0 saturated carbocycles. The first-order valence-electron chi connectivity index (χ1n) is 10.6. The molecule has 2 fully saturated rings. The zero-order chi connectivity index (χ0) is 18.5. The van der Waals surface area contributed by atoms with Crippen molar-refractivity contribution in [1.29, 1.82) is 0 Å². The van der Waals surface area contributed by atoms with E-state index in [0.29, 0.717) is 6.04 Å². The molecule has 4 rings (SSSR count). The molecule has 2 aromatic rings. The van der Waals surface area contributed by atoms with Crippen molar-refractivity contribution in [3.05, 3.63) is 71.3 Å². The van der Waals surface area contributed by atoms with Crippen LogP contribution in [0.15, 0.2) is 54.6 Å². The Kier molecular flexibility index (Phi) is 7.92. The summed E-state index contributed by atoms with van der Waals surface area (Å²) in [6.45, 7) is 9.22. The molecule has 0 bridgehead atoms. The highest BCUT2D eigenvalue weighted by Gasteiger charge is 2.31. The highest BCUT2D eigenvalue weighted by molar-refractivity contribution is 5.85. The third kappa shape index (κ3) is 5.36. The number of nitrogens with zero attached hydrogens (tertiary/aromatic N) is 2. The first kappa shape index (κ1) is 21.3. The van der Waals surface area contributed by atoms with Crippen LogP contribution in [0.5, 0.6) is 0 Å². The topological polar surface area (TPSA) is 18.5 Å². The molecule has 2 aromatic carbocycles. The van der Waals surface area contributed by atoms with Gasteiger partial charge in [0.2, 0.25) is 0 Å². The molecular weight excluding hydrogens is 366 g/mol. The Morgan fingerprint density at radius 1 is 0.929 bits per heavy atom. The van der Waals surface area contributed by atoms with Crippen LogP contribution in [0.3, 0.4) is 0 Å². The van der Waals surface area contributed by atoms with E-state index in [9.17, 15) is 0 Å². The molecule has 2 heterocycles. The third-order valence-corrected chi connectivity index (χ3v) is 6.33. The zero-order valence-corrected chi connectivity index (χ0v) is 17.8. The van der Waals surface area contributed by atoms with E-state index in [-0.39, 0.29) is 12.4 Å². The maximum absolute atomic E-state index is 3.61. The molecule has 0 aliphatic carbocycles. The second kappa shape index (κ2) is 10.4. The lowest BCUT2D eigenvalue weighted by Crippen LogP contribution is -2.53. The maximum Gasteiger partial charge on any atom is 0.0476 e. The SMILES string of the molecule is Cc1ccc(C2CNCCN2C2CCN(CCc3ccccc3)CC2)cc1.Cl. The summed E-state index contributed by atoms with van der Waals surface area (Å²) < 4.78 is 0. The molecule has 0 spiro atoms. The Bertz CT molecular complexity index is 696. The Morgan fingerprint density at radius 2 is 1.64 bits per heavy atom. The largest absolute Gasteiger partial charge is 0.314 e. The summed E-state index contributed by atoms with van der Waals surface area (Å²) in [7, 11) is 0. The number of aryl methyl sites for hydroxylation is 1. The predicted molar refractivity (Wildman–Crippen MR) is 120 cm³/mol. The monoisotopic (exact) mass is 399 g/mol. The van der Waals surface area contributed by atoms with Crippen LogP contribution in [-0.4, -0.2) is 55.1 Å². The number of benzene rings is 2. The fourth-order valence-electron chi connectivity index (χ4n) is 4.66. The number of hydrogen-bond donors (Lipinski definition) is 1. The van der Waals surface area contributed by atoms with Crippen molar-refractivity contribution in [3.63, 3.8) is 0 Å². The number of hydrogen-bond acceptors (Lipinski definition) is 3. The molecule has 1 N–H and O–H groups in total. The van der Waals surface area contributed by atoms with E-state index in [1.807, 2.05) is 0 Å². The minimum absolute atomic E-state index is 0. The molecule has 0 radical (unpaired) electrons. The van der Waals surface area contributed by atoms with Gasteiger partial charge in [-0.15, -0.1) is 12.4 Å². The number of rotatable bonds is 5. The molecule has 1 atom stereocenters. The number of piperazine rings is 1. The van der Waals surface area contributed by atoms with Gasteiger partial charge in [0.25, 0.3) is 0 Å². The summed E-state index contributed by atoms with van der Waals surface area (Å²) in [5.74, 6) is 0. The maximum atomic E-state index is 3.61. The zero-order valence-electron chi connectivity index (χ0n) is 17.0. The molecule has 152 valence electrons. The molecule has 28 heavy (non-hydrogen) atoms. The van der Waals surface area contributed by atoms with Gasteiger partial charge in [0.05, 0.1) is 0 Å². The van der Waals surface area contributed by atoms with Crippen molar-refractivity contribution in [2.24, 2.45) is 0 Å². The summed E-state index contributed by atoms with van der Waals surface area (Å²) in [4.78, 5) is 5.45. The van der Waals surface area contributed by atoms with Gasteiger partial charge in [-0.1, -0.05) is 60.2 Å². The molecule has 4 heteroatoms. The smallest absolute Gasteiger partial charge is 0.0476 e. The van der Waals surface area contributed by atoms with Gasteiger partial charge in [0.1, 0.15) is 0 Å². The van der Waals surface area contributed by atoms with E-state index in [1.165, 1.54) is 62.1 Å². The molecule has 1 unspecified atom stereocenters. The van der Waals surface area contributed by atoms with Gasteiger partial charge < -0.3 is 10.2 Å². The van der Waals surface area contributed by atoms with Crippen molar-refractivity contribution in [2.75, 3.05) is 39.3 Å². The standard InChI is InChI=1S/C24H33N3.ClH/c1-20-7-9-22(10-8-20)24-19-25-14-18-27(24)23-12-16-26(17-13-23)15-11-21-5-3-2-4-6-21;/h2-10,23-25H,11-19H2,1H3;1H. The van der Waals surface area contributed by atoms with Crippen molar-refractivity contribution in [2.45, 2.75) is 38.3 Å². The van der Waals surface area contributed by atoms with E-state index in [0.717, 1.165) is 19.1 Å². The van der Waals surface area contributed by atoms with Crippen molar-refractivity contribution in [3.8, 4) is 0 Å². The third-order valence-electron chi connectivity index (χ3n) is 6.33. The number of piperidine rings is 1. The van der Waals surface area contributed by atoms with Gasteiger partial charge in [0, 0.05) is 38.3 Å². The van der Waals surface area contributed by atoms with Crippen molar-refractivity contribution < 1.29 is 0 Å². The molecular formula is C24H34ClN3. The van der Waals surface area contributed by atoms with Gasteiger partial charge in [-0.05, 0) is 50.4 Å². The molecule has 0 aromatic heterocycles. The summed E-state index contributed by atoms with van der Waals surface area (Å²) in [6, 6.07) is 21.3. The molecule has 0 amide bonds. The van der Waals surface area contributed by atoms with Crippen LogP contribution in [0.4, 0.5) is 0 Å². The Labute approximate surface area is 176 Å². The van der Waals surface area contributed by atoms with E-state index in [1.54, 1.807) is 0 Å². The average Bonchev–Trinajstić information content (AvgIpc) is 2.74. The van der Waals surface area contributed by atoms with Crippen LogP contribution in [0.25, 0.3) is 0 Å². The predicted octanol–water partition coefficient (Wildman–Crippen LogP) is 4.07.